The molecule has 8 nitrogen and oxygen atoms in total. The predicted octanol–water partition coefficient (Wildman–Crippen LogP) is 1.44. The molecule has 2 aliphatic rings. The van der Waals surface area contributed by atoms with E-state index in [-0.39, 0.29) is 22.4 Å². The Bertz CT molecular complexity index is 870. The van der Waals surface area contributed by atoms with Crippen molar-refractivity contribution in [3.8, 4) is 0 Å². The van der Waals surface area contributed by atoms with Gasteiger partial charge in [-0.15, -0.1) is 0 Å². The molecule has 0 unspecified atom stereocenters. The van der Waals surface area contributed by atoms with Gasteiger partial charge < -0.3 is 15.4 Å². The second kappa shape index (κ2) is 8.08. The summed E-state index contributed by atoms with van der Waals surface area (Å²) in [5.41, 5.74) is 0.639. The maximum Gasteiger partial charge on any atom is 0.321 e. The highest BCUT2D eigenvalue weighted by Gasteiger charge is 2.40. The zero-order chi connectivity index (χ0) is 20.5. The van der Waals surface area contributed by atoms with Crippen LogP contribution in [0.4, 0.5) is 5.69 Å². The lowest BCUT2D eigenvalue weighted by Gasteiger charge is -2.23. The Kier molecular flexibility index (Phi) is 5.95. The third-order valence-electron chi connectivity index (χ3n) is 5.84. The lowest BCUT2D eigenvalue weighted by atomic mass is 9.95. The molecule has 0 spiro atoms. The number of carbonyl (C=O) groups is 2. The molecule has 2 fully saturated rings. The minimum atomic E-state index is -3.99. The van der Waals surface area contributed by atoms with E-state index in [4.69, 9.17) is 0 Å². The minimum Gasteiger partial charge on any atom is -0.468 e. The standard InChI is InChI=1S/C19H27N3O5S/c1-20-15-7-6-14(19(24)21-16-9-12-4-5-13(16)8-12)10-17(15)28(25,26)22(2)11-18(23)27-3/h6-7,10,12-13,16,20H,4-5,8-9,11H2,1-3H3,(H,21,24)/t12-,13+,16+/m0/s1. The fourth-order valence-electron chi connectivity index (χ4n) is 4.26. The van der Waals surface area contributed by atoms with E-state index >= 15 is 0 Å². The van der Waals surface area contributed by atoms with Gasteiger partial charge in [-0.25, -0.2) is 8.42 Å². The normalized spacial score (nSPS) is 23.6. The maximum atomic E-state index is 12.9. The summed E-state index contributed by atoms with van der Waals surface area (Å²) >= 11 is 0. The summed E-state index contributed by atoms with van der Waals surface area (Å²) in [6, 6.07) is 4.69. The van der Waals surface area contributed by atoms with Gasteiger partial charge in [0.05, 0.1) is 12.8 Å². The first-order valence-electron chi connectivity index (χ1n) is 9.42. The predicted molar refractivity (Wildman–Crippen MR) is 105 cm³/mol. The summed E-state index contributed by atoms with van der Waals surface area (Å²) in [5.74, 6) is 0.291. The Balaban J connectivity index is 1.83. The summed E-state index contributed by atoms with van der Waals surface area (Å²) in [6.45, 7) is -0.413. The van der Waals surface area contributed by atoms with Crippen molar-refractivity contribution in [1.29, 1.82) is 0 Å². The number of nitrogens with zero attached hydrogens (tertiary/aromatic N) is 1. The van der Waals surface area contributed by atoms with Crippen molar-refractivity contribution in [3.63, 3.8) is 0 Å². The van der Waals surface area contributed by atoms with Crippen molar-refractivity contribution in [2.24, 2.45) is 11.8 Å². The van der Waals surface area contributed by atoms with Gasteiger partial charge in [-0.3, -0.25) is 9.59 Å². The largest absolute Gasteiger partial charge is 0.468 e. The molecule has 154 valence electrons. The molecule has 0 saturated heterocycles. The van der Waals surface area contributed by atoms with Crippen LogP contribution in [0.2, 0.25) is 0 Å². The van der Waals surface area contributed by atoms with Crippen LogP contribution < -0.4 is 10.6 Å². The number of fused-ring (bicyclic) bond motifs is 2. The molecule has 0 aliphatic heterocycles. The quantitative estimate of drug-likeness (QED) is 0.661. The first-order valence-corrected chi connectivity index (χ1v) is 10.9. The smallest absolute Gasteiger partial charge is 0.321 e. The van der Waals surface area contributed by atoms with Gasteiger partial charge in [-0.2, -0.15) is 4.31 Å². The van der Waals surface area contributed by atoms with E-state index in [1.807, 2.05) is 0 Å². The molecule has 28 heavy (non-hydrogen) atoms. The summed E-state index contributed by atoms with van der Waals surface area (Å²) in [5, 5.41) is 5.90. The summed E-state index contributed by atoms with van der Waals surface area (Å²) < 4.78 is 31.3. The van der Waals surface area contributed by atoms with Crippen LogP contribution in [-0.2, 0) is 19.6 Å². The molecule has 2 N–H and O–H groups in total. The van der Waals surface area contributed by atoms with E-state index in [0.29, 0.717) is 17.5 Å². The number of esters is 1. The molecule has 0 heterocycles. The summed E-state index contributed by atoms with van der Waals surface area (Å²) in [4.78, 5) is 24.2. The number of likely N-dealkylation sites (N-methyl/N-ethyl adjacent to an activating group) is 1. The topological polar surface area (TPSA) is 105 Å². The van der Waals surface area contributed by atoms with Crippen LogP contribution in [0.15, 0.2) is 23.1 Å². The first-order chi connectivity index (χ1) is 13.3. The van der Waals surface area contributed by atoms with E-state index in [1.165, 1.54) is 33.1 Å². The number of nitrogens with one attached hydrogen (secondary N) is 2. The molecule has 9 heteroatoms. The summed E-state index contributed by atoms with van der Waals surface area (Å²) in [7, 11) is 0.109. The number of ether oxygens (including phenoxy) is 1. The van der Waals surface area contributed by atoms with Gasteiger partial charge in [-0.1, -0.05) is 6.42 Å². The van der Waals surface area contributed by atoms with Crippen LogP contribution in [0.5, 0.6) is 0 Å². The van der Waals surface area contributed by atoms with Crippen molar-refractivity contribution >= 4 is 27.6 Å². The number of anilines is 1. The third-order valence-corrected chi connectivity index (χ3v) is 7.68. The Morgan fingerprint density at radius 1 is 1.25 bits per heavy atom. The van der Waals surface area contributed by atoms with Crippen molar-refractivity contribution < 1.29 is 22.7 Å². The molecule has 1 aromatic carbocycles. The average Bonchev–Trinajstić information content (AvgIpc) is 3.30. The zero-order valence-electron chi connectivity index (χ0n) is 16.4. The van der Waals surface area contributed by atoms with Gasteiger partial charge in [0.1, 0.15) is 11.4 Å². The number of amides is 1. The molecule has 0 aromatic heterocycles. The van der Waals surface area contributed by atoms with E-state index in [9.17, 15) is 18.0 Å². The SMILES string of the molecule is CNc1ccc(C(=O)N[C@@H]2C[C@H]3CC[C@@H]2C3)cc1S(=O)(=O)N(C)CC(=O)OC. The fraction of sp³-hybridized carbons (Fsp3) is 0.579. The number of rotatable bonds is 7. The van der Waals surface area contributed by atoms with Gasteiger partial charge in [0.2, 0.25) is 10.0 Å². The Morgan fingerprint density at radius 2 is 2.00 bits per heavy atom. The Labute approximate surface area is 165 Å². The highest BCUT2D eigenvalue weighted by Crippen LogP contribution is 2.44. The Morgan fingerprint density at radius 3 is 2.57 bits per heavy atom. The second-order valence-electron chi connectivity index (χ2n) is 7.55. The lowest BCUT2D eigenvalue weighted by Crippen LogP contribution is -2.38. The highest BCUT2D eigenvalue weighted by molar-refractivity contribution is 7.89. The van der Waals surface area contributed by atoms with Crippen LogP contribution in [-0.4, -0.2) is 58.4 Å². The number of hydrogen-bond acceptors (Lipinski definition) is 6. The van der Waals surface area contributed by atoms with Gasteiger partial charge in [0, 0.05) is 25.7 Å². The van der Waals surface area contributed by atoms with Crippen molar-refractivity contribution in [2.75, 3.05) is 33.1 Å². The van der Waals surface area contributed by atoms with E-state index in [1.54, 1.807) is 19.2 Å². The monoisotopic (exact) mass is 409 g/mol. The van der Waals surface area contributed by atoms with Crippen molar-refractivity contribution in [3.05, 3.63) is 23.8 Å². The van der Waals surface area contributed by atoms with Crippen LogP contribution in [0.3, 0.4) is 0 Å². The van der Waals surface area contributed by atoms with E-state index < -0.39 is 22.5 Å². The maximum absolute atomic E-state index is 12.9. The third kappa shape index (κ3) is 4.00. The zero-order valence-corrected chi connectivity index (χ0v) is 17.2. The average molecular weight is 410 g/mol. The number of sulfonamides is 1. The Hall–Kier alpha value is -2.13. The number of carbonyl (C=O) groups excluding carboxylic acids is 2. The molecule has 3 atom stereocenters. The lowest BCUT2D eigenvalue weighted by molar-refractivity contribution is -0.140. The number of benzene rings is 1. The van der Waals surface area contributed by atoms with E-state index in [0.717, 1.165) is 17.1 Å². The van der Waals surface area contributed by atoms with Crippen LogP contribution in [0.1, 0.15) is 36.0 Å². The second-order valence-corrected chi connectivity index (χ2v) is 9.57. The van der Waals surface area contributed by atoms with Crippen molar-refractivity contribution in [1.82, 2.24) is 9.62 Å². The highest BCUT2D eigenvalue weighted by atomic mass is 32.2. The molecule has 2 aliphatic carbocycles. The molecule has 1 amide bonds. The molecule has 2 saturated carbocycles. The fourth-order valence-corrected chi connectivity index (χ4v) is 5.59. The number of hydrogen-bond donors (Lipinski definition) is 2. The molecular formula is C19H27N3O5S. The number of methoxy groups -OCH3 is 1. The van der Waals surface area contributed by atoms with E-state index in [2.05, 4.69) is 15.4 Å². The van der Waals surface area contributed by atoms with Gasteiger partial charge in [0.15, 0.2) is 0 Å². The molecular weight excluding hydrogens is 382 g/mol. The molecule has 3 rings (SSSR count). The van der Waals surface area contributed by atoms with Gasteiger partial charge in [-0.05, 0) is 49.3 Å². The van der Waals surface area contributed by atoms with Crippen LogP contribution in [0, 0.1) is 11.8 Å². The van der Waals surface area contributed by atoms with Crippen molar-refractivity contribution in [2.45, 2.75) is 36.6 Å². The van der Waals surface area contributed by atoms with Crippen LogP contribution in [0.25, 0.3) is 0 Å². The van der Waals surface area contributed by atoms with Gasteiger partial charge >= 0.3 is 5.97 Å². The minimum absolute atomic E-state index is 0.0537. The first kappa shape index (κ1) is 20.6. The van der Waals surface area contributed by atoms with Gasteiger partial charge in [0.25, 0.3) is 5.91 Å². The summed E-state index contributed by atoms with van der Waals surface area (Å²) in [6.07, 6.45) is 4.55. The molecule has 0 radical (unpaired) electrons. The molecule has 1 aromatic rings. The van der Waals surface area contributed by atoms with Crippen LogP contribution >= 0.6 is 0 Å². The molecule has 2 bridgehead atoms.